The second kappa shape index (κ2) is 13.0. The number of aromatic nitrogens is 3. The second-order valence-electron chi connectivity index (χ2n) is 12.0. The number of nitro benzene ring substituents is 1. The Morgan fingerprint density at radius 3 is 2.58 bits per heavy atom. The van der Waals surface area contributed by atoms with Crippen molar-refractivity contribution in [1.82, 2.24) is 19.9 Å². The topological polar surface area (TPSA) is 133 Å². The summed E-state index contributed by atoms with van der Waals surface area (Å²) >= 11 is 6.48. The highest BCUT2D eigenvalue weighted by Crippen LogP contribution is 2.34. The molecule has 4 aromatic rings. The molecule has 1 N–H and O–H groups in total. The van der Waals surface area contributed by atoms with Crippen LogP contribution in [0.4, 0.5) is 22.0 Å². The van der Waals surface area contributed by atoms with Crippen LogP contribution < -0.4 is 10.1 Å². The molecule has 1 fully saturated rings. The van der Waals surface area contributed by atoms with E-state index in [2.05, 4.69) is 32.1 Å². The number of benzene rings is 2. The molecule has 2 aromatic heterocycles. The van der Waals surface area contributed by atoms with Crippen molar-refractivity contribution in [2.24, 2.45) is 5.41 Å². The Morgan fingerprint density at radius 1 is 1.13 bits per heavy atom. The average molecular weight is 629 g/mol. The lowest BCUT2D eigenvalue weighted by Crippen LogP contribution is -2.44. The number of anilines is 2. The fourth-order valence-corrected chi connectivity index (χ4v) is 5.00. The first kappa shape index (κ1) is 31.5. The molecule has 5 rings (SSSR count). The van der Waals surface area contributed by atoms with Gasteiger partial charge in [-0.2, -0.15) is 0 Å². The van der Waals surface area contributed by atoms with Gasteiger partial charge in [0.25, 0.3) is 5.69 Å². The molecule has 3 heterocycles. The molecule has 0 unspecified atom stereocenters. The van der Waals surface area contributed by atoms with Gasteiger partial charge in [0, 0.05) is 41.8 Å². The van der Waals surface area contributed by atoms with Crippen LogP contribution in [-0.2, 0) is 11.3 Å². The minimum Gasteiger partial charge on any atom is -0.486 e. The number of piperidine rings is 1. The van der Waals surface area contributed by atoms with E-state index in [1.54, 1.807) is 35.4 Å². The molecule has 0 radical (unpaired) electrons. The van der Waals surface area contributed by atoms with Crippen molar-refractivity contribution >= 4 is 45.8 Å². The molecule has 0 bridgehead atoms. The van der Waals surface area contributed by atoms with Gasteiger partial charge >= 0.3 is 6.09 Å². The van der Waals surface area contributed by atoms with Crippen LogP contribution in [0.2, 0.25) is 5.02 Å². The van der Waals surface area contributed by atoms with Gasteiger partial charge in [-0.15, -0.1) is 0 Å². The molecule has 1 aliphatic rings. The van der Waals surface area contributed by atoms with Crippen molar-refractivity contribution in [3.05, 3.63) is 87.4 Å². The van der Waals surface area contributed by atoms with Crippen molar-refractivity contribution in [2.75, 3.05) is 18.4 Å². The molecule has 1 aliphatic heterocycles. The van der Waals surface area contributed by atoms with Crippen LogP contribution in [0, 0.1) is 27.4 Å². The summed E-state index contributed by atoms with van der Waals surface area (Å²) in [5, 5.41) is 16.1. The maximum atomic E-state index is 12.5. The number of rotatable bonds is 6. The first-order chi connectivity index (χ1) is 21.4. The van der Waals surface area contributed by atoms with Crippen molar-refractivity contribution in [3.63, 3.8) is 0 Å². The summed E-state index contributed by atoms with van der Waals surface area (Å²) in [5.74, 6) is 7.16. The van der Waals surface area contributed by atoms with Gasteiger partial charge in [0.05, 0.1) is 21.2 Å². The molecule has 0 atom stereocenters. The highest BCUT2D eigenvalue weighted by atomic mass is 35.5. The number of ether oxygens (including phenoxy) is 2. The molecule has 45 heavy (non-hydrogen) atoms. The number of halogens is 1. The lowest BCUT2D eigenvalue weighted by molar-refractivity contribution is -0.385. The normalized spacial score (nSPS) is 14.3. The van der Waals surface area contributed by atoms with E-state index in [0.717, 1.165) is 5.69 Å². The third-order valence-corrected chi connectivity index (χ3v) is 7.56. The van der Waals surface area contributed by atoms with Crippen LogP contribution in [0.5, 0.6) is 5.75 Å². The molecule has 0 saturated carbocycles. The van der Waals surface area contributed by atoms with E-state index in [-0.39, 0.29) is 24.0 Å². The van der Waals surface area contributed by atoms with E-state index in [0.29, 0.717) is 59.1 Å². The van der Waals surface area contributed by atoms with Gasteiger partial charge in [0.15, 0.2) is 0 Å². The van der Waals surface area contributed by atoms with E-state index in [1.165, 1.54) is 12.4 Å². The summed E-state index contributed by atoms with van der Waals surface area (Å²) in [4.78, 5) is 38.7. The van der Waals surface area contributed by atoms with E-state index in [9.17, 15) is 14.9 Å². The van der Waals surface area contributed by atoms with E-state index in [4.69, 9.17) is 21.1 Å². The molecule has 1 amide bonds. The lowest BCUT2D eigenvalue weighted by atomic mass is 9.81. The number of hydrogen-bond donors (Lipinski definition) is 1. The summed E-state index contributed by atoms with van der Waals surface area (Å²) in [5.41, 5.74) is 0.984. The summed E-state index contributed by atoms with van der Waals surface area (Å²) in [6.07, 6.45) is 3.96. The van der Waals surface area contributed by atoms with Gasteiger partial charge < -0.3 is 19.7 Å². The molecule has 2 aromatic carbocycles. The van der Waals surface area contributed by atoms with Crippen molar-refractivity contribution in [1.29, 1.82) is 0 Å². The SMILES string of the molecule is CC1(C#Cc2cc3ncnc(Nc4ccc(OCc5ccccn5)c(Cl)c4)c3cc2[N+](=O)[O-])CCN(C(=O)OC(C)(C)C)CC1. The lowest BCUT2D eigenvalue weighted by Gasteiger charge is -2.36. The number of likely N-dealkylation sites (tertiary alicyclic amines) is 1. The van der Waals surface area contributed by atoms with Crippen molar-refractivity contribution < 1.29 is 19.2 Å². The van der Waals surface area contributed by atoms with Crippen molar-refractivity contribution in [3.8, 4) is 17.6 Å². The van der Waals surface area contributed by atoms with Crippen molar-refractivity contribution in [2.45, 2.75) is 52.7 Å². The van der Waals surface area contributed by atoms with Gasteiger partial charge in [-0.25, -0.2) is 14.8 Å². The second-order valence-corrected chi connectivity index (χ2v) is 12.4. The van der Waals surface area contributed by atoms with Crippen LogP contribution >= 0.6 is 11.6 Å². The van der Waals surface area contributed by atoms with E-state index < -0.39 is 15.9 Å². The number of fused-ring (bicyclic) bond motifs is 1. The molecule has 11 nitrogen and oxygen atoms in total. The summed E-state index contributed by atoms with van der Waals surface area (Å²) in [6.45, 7) is 8.75. The molecule has 232 valence electrons. The maximum absolute atomic E-state index is 12.5. The minimum absolute atomic E-state index is 0.154. The zero-order chi connectivity index (χ0) is 32.2. The Morgan fingerprint density at radius 2 is 1.91 bits per heavy atom. The van der Waals surface area contributed by atoms with Crippen LogP contribution in [-0.4, -0.2) is 49.6 Å². The van der Waals surface area contributed by atoms with Crippen LogP contribution in [0.1, 0.15) is 51.8 Å². The molecule has 1 saturated heterocycles. The fourth-order valence-electron chi connectivity index (χ4n) is 4.76. The van der Waals surface area contributed by atoms with E-state index in [1.807, 2.05) is 45.9 Å². The van der Waals surface area contributed by atoms with Crippen LogP contribution in [0.3, 0.4) is 0 Å². The molecule has 0 aliphatic carbocycles. The van der Waals surface area contributed by atoms with Gasteiger partial charge in [-0.1, -0.05) is 29.5 Å². The Balaban J connectivity index is 1.34. The predicted molar refractivity (Wildman–Crippen MR) is 172 cm³/mol. The number of amides is 1. The summed E-state index contributed by atoms with van der Waals surface area (Å²) in [7, 11) is 0. The number of hydrogen-bond acceptors (Lipinski definition) is 9. The van der Waals surface area contributed by atoms with Gasteiger partial charge in [-0.05, 0) is 76.9 Å². The maximum Gasteiger partial charge on any atom is 0.410 e. The Bertz CT molecular complexity index is 1790. The molecule has 0 spiro atoms. The summed E-state index contributed by atoms with van der Waals surface area (Å²) in [6, 6.07) is 13.8. The smallest absolute Gasteiger partial charge is 0.410 e. The standard InChI is InChI=1S/C33H33ClN6O5/c1-32(2,3)45-31(41)39-15-12-33(4,13-16-39)11-10-22-17-27-25(19-28(22)40(42)43)30(37-21-36-27)38-23-8-9-29(26(34)18-23)44-20-24-7-5-6-14-35-24/h5-9,14,17-19,21H,12-13,15-16,20H2,1-4H3,(H,36,37,38). The quantitative estimate of drug-likeness (QED) is 0.133. The largest absolute Gasteiger partial charge is 0.486 e. The fraction of sp³-hybridized carbons (Fsp3) is 0.333. The van der Waals surface area contributed by atoms with Gasteiger partial charge in [0.1, 0.15) is 35.7 Å². The Hall–Kier alpha value is -4.95. The van der Waals surface area contributed by atoms with Crippen LogP contribution in [0.15, 0.2) is 61.1 Å². The minimum atomic E-state index is -0.570. The van der Waals surface area contributed by atoms with E-state index >= 15 is 0 Å². The van der Waals surface area contributed by atoms with Gasteiger partial charge in [-0.3, -0.25) is 15.1 Å². The van der Waals surface area contributed by atoms with Gasteiger partial charge in [0.2, 0.25) is 0 Å². The zero-order valence-corrected chi connectivity index (χ0v) is 26.2. The Labute approximate surface area is 266 Å². The predicted octanol–water partition coefficient (Wildman–Crippen LogP) is 7.30. The van der Waals surface area contributed by atoms with Crippen LogP contribution in [0.25, 0.3) is 10.9 Å². The number of nitro groups is 1. The number of pyridine rings is 1. The highest BCUT2D eigenvalue weighted by Gasteiger charge is 2.32. The number of nitrogens with one attached hydrogen (secondary N) is 1. The first-order valence-corrected chi connectivity index (χ1v) is 14.8. The third-order valence-electron chi connectivity index (χ3n) is 7.26. The number of nitrogens with zero attached hydrogens (tertiary/aromatic N) is 5. The summed E-state index contributed by atoms with van der Waals surface area (Å²) < 4.78 is 11.3. The highest BCUT2D eigenvalue weighted by molar-refractivity contribution is 6.32. The monoisotopic (exact) mass is 628 g/mol. The molecular formula is C33H33ClN6O5. The molecule has 12 heteroatoms. The third kappa shape index (κ3) is 7.96. The first-order valence-electron chi connectivity index (χ1n) is 14.4. The zero-order valence-electron chi connectivity index (χ0n) is 25.5. The average Bonchev–Trinajstić information content (AvgIpc) is 2.99. The number of carbonyl (C=O) groups excluding carboxylic acids is 1. The Kier molecular flexibility index (Phi) is 9.06. The number of carbonyl (C=O) groups is 1. The molecular weight excluding hydrogens is 596 g/mol.